The van der Waals surface area contributed by atoms with E-state index in [1.165, 1.54) is 22.5 Å². The highest BCUT2D eigenvalue weighted by Gasteiger charge is 2.32. The van der Waals surface area contributed by atoms with E-state index in [9.17, 15) is 13.2 Å². The lowest BCUT2D eigenvalue weighted by Gasteiger charge is -2.34. The first-order chi connectivity index (χ1) is 12.8. The van der Waals surface area contributed by atoms with Crippen molar-refractivity contribution in [3.63, 3.8) is 0 Å². The number of halogens is 1. The Morgan fingerprint density at radius 2 is 1.74 bits per heavy atom. The van der Waals surface area contributed by atoms with E-state index in [0.717, 1.165) is 38.8 Å². The van der Waals surface area contributed by atoms with Gasteiger partial charge in [-0.1, -0.05) is 31.9 Å². The number of benzene rings is 1. The Labute approximate surface area is 166 Å². The number of hydrogen-bond donors (Lipinski definition) is 1. The second kappa shape index (κ2) is 8.47. The minimum Gasteiger partial charge on any atom is -0.285 e. The Morgan fingerprint density at radius 1 is 1.11 bits per heavy atom. The molecule has 150 valence electrons. The molecule has 1 aromatic rings. The fourth-order valence-corrected chi connectivity index (χ4v) is 5.91. The molecule has 1 amide bonds. The lowest BCUT2D eigenvalue weighted by molar-refractivity contribution is 0.0750. The number of carbonyl (C=O) groups excluding carboxylic acids is 1. The van der Waals surface area contributed by atoms with Crippen molar-refractivity contribution in [1.29, 1.82) is 0 Å². The average Bonchev–Trinajstić information content (AvgIpc) is 2.62. The number of piperidine rings is 2. The highest BCUT2D eigenvalue weighted by atomic mass is 35.5. The SMILES string of the molecule is C[C@@H]1C[C@@H](C)CN(S(=O)(=O)c2ccc(Cl)c(C(=O)NN3CCCCC3)c2)C1. The van der Waals surface area contributed by atoms with Gasteiger partial charge >= 0.3 is 0 Å². The average molecular weight is 414 g/mol. The molecular formula is C19H28ClN3O3S. The van der Waals surface area contributed by atoms with Crippen molar-refractivity contribution in [2.75, 3.05) is 26.2 Å². The Balaban J connectivity index is 1.82. The lowest BCUT2D eigenvalue weighted by Crippen LogP contribution is -2.45. The van der Waals surface area contributed by atoms with Crippen LogP contribution in [0.4, 0.5) is 0 Å². The molecule has 0 bridgehead atoms. The summed E-state index contributed by atoms with van der Waals surface area (Å²) in [5.74, 6) is 0.273. The summed E-state index contributed by atoms with van der Waals surface area (Å²) in [7, 11) is -3.65. The van der Waals surface area contributed by atoms with Crippen LogP contribution in [-0.4, -0.2) is 49.8 Å². The zero-order valence-corrected chi connectivity index (χ0v) is 17.5. The van der Waals surface area contributed by atoms with Gasteiger partial charge in [-0.25, -0.2) is 13.4 Å². The fraction of sp³-hybridized carbons (Fsp3) is 0.632. The van der Waals surface area contributed by atoms with Gasteiger partial charge in [-0.05, 0) is 49.3 Å². The number of hydrogen-bond acceptors (Lipinski definition) is 4. The molecule has 6 nitrogen and oxygen atoms in total. The number of rotatable bonds is 4. The zero-order chi connectivity index (χ0) is 19.6. The van der Waals surface area contributed by atoms with E-state index in [0.29, 0.717) is 24.9 Å². The largest absolute Gasteiger partial charge is 0.285 e. The maximum atomic E-state index is 13.1. The van der Waals surface area contributed by atoms with Crippen LogP contribution in [0.25, 0.3) is 0 Å². The molecule has 2 atom stereocenters. The van der Waals surface area contributed by atoms with E-state index in [2.05, 4.69) is 19.3 Å². The predicted molar refractivity (Wildman–Crippen MR) is 106 cm³/mol. The van der Waals surface area contributed by atoms with E-state index in [1.54, 1.807) is 0 Å². The summed E-state index contributed by atoms with van der Waals surface area (Å²) in [5.41, 5.74) is 3.05. The summed E-state index contributed by atoms with van der Waals surface area (Å²) in [5, 5.41) is 2.13. The first-order valence-electron chi connectivity index (χ1n) is 9.63. The van der Waals surface area contributed by atoms with Gasteiger partial charge in [0.05, 0.1) is 15.5 Å². The van der Waals surface area contributed by atoms with Gasteiger partial charge in [0, 0.05) is 26.2 Å². The summed E-state index contributed by atoms with van der Waals surface area (Å²) in [6, 6.07) is 4.39. The molecular weight excluding hydrogens is 386 g/mol. The van der Waals surface area contributed by atoms with Crippen LogP contribution < -0.4 is 5.43 Å². The van der Waals surface area contributed by atoms with Crippen molar-refractivity contribution in [2.24, 2.45) is 11.8 Å². The van der Waals surface area contributed by atoms with Crippen LogP contribution in [0.3, 0.4) is 0 Å². The highest BCUT2D eigenvalue weighted by Crippen LogP contribution is 2.28. The summed E-state index contributed by atoms with van der Waals surface area (Å²) in [6.07, 6.45) is 4.26. The first-order valence-corrected chi connectivity index (χ1v) is 11.4. The third kappa shape index (κ3) is 4.83. The molecule has 3 rings (SSSR count). The maximum Gasteiger partial charge on any atom is 0.267 e. The van der Waals surface area contributed by atoms with Gasteiger partial charge in [-0.15, -0.1) is 0 Å². The number of nitrogens with one attached hydrogen (secondary N) is 1. The van der Waals surface area contributed by atoms with E-state index in [-0.39, 0.29) is 21.4 Å². The van der Waals surface area contributed by atoms with Crippen LogP contribution in [0, 0.1) is 11.8 Å². The van der Waals surface area contributed by atoms with Gasteiger partial charge in [-0.2, -0.15) is 4.31 Å². The number of amides is 1. The Bertz CT molecular complexity index is 783. The Morgan fingerprint density at radius 3 is 2.37 bits per heavy atom. The van der Waals surface area contributed by atoms with Crippen LogP contribution in [0.1, 0.15) is 49.9 Å². The Kier molecular flexibility index (Phi) is 6.46. The van der Waals surface area contributed by atoms with Crippen molar-refractivity contribution >= 4 is 27.5 Å². The standard InChI is InChI=1S/C19H28ClN3O3S/c1-14-10-15(2)13-23(12-14)27(25,26)16-6-7-18(20)17(11-16)19(24)21-22-8-4-3-5-9-22/h6-7,11,14-15H,3-5,8-10,12-13H2,1-2H3,(H,21,24)/t14-,15-/m1/s1. The molecule has 0 aliphatic carbocycles. The number of sulfonamides is 1. The fourth-order valence-electron chi connectivity index (χ4n) is 4.00. The van der Waals surface area contributed by atoms with Gasteiger partial charge < -0.3 is 0 Å². The molecule has 0 saturated carbocycles. The number of carbonyl (C=O) groups is 1. The van der Waals surface area contributed by atoms with E-state index in [1.807, 2.05) is 5.01 Å². The Hall–Kier alpha value is -1.15. The third-order valence-electron chi connectivity index (χ3n) is 5.27. The predicted octanol–water partition coefficient (Wildman–Crippen LogP) is 3.14. The van der Waals surface area contributed by atoms with Gasteiger partial charge in [0.25, 0.3) is 5.91 Å². The minimum absolute atomic E-state index is 0.122. The molecule has 2 fully saturated rings. The van der Waals surface area contributed by atoms with Crippen LogP contribution in [0.15, 0.2) is 23.1 Å². The topological polar surface area (TPSA) is 69.7 Å². The molecule has 2 aliphatic rings. The maximum absolute atomic E-state index is 13.1. The van der Waals surface area contributed by atoms with Crippen LogP contribution in [-0.2, 0) is 10.0 Å². The second-order valence-electron chi connectivity index (χ2n) is 7.90. The van der Waals surface area contributed by atoms with E-state index in [4.69, 9.17) is 11.6 Å². The van der Waals surface area contributed by atoms with Crippen molar-refractivity contribution in [2.45, 2.75) is 44.4 Å². The molecule has 1 aromatic carbocycles. The first kappa shape index (κ1) is 20.6. The van der Waals surface area contributed by atoms with Gasteiger partial charge in [0.15, 0.2) is 0 Å². The van der Waals surface area contributed by atoms with E-state index < -0.39 is 10.0 Å². The normalized spacial score (nSPS) is 25.3. The summed E-state index contributed by atoms with van der Waals surface area (Å²) in [4.78, 5) is 12.8. The van der Waals surface area contributed by atoms with Crippen LogP contribution in [0.5, 0.6) is 0 Å². The molecule has 0 unspecified atom stereocenters. The summed E-state index contributed by atoms with van der Waals surface area (Å²) < 4.78 is 27.7. The smallest absolute Gasteiger partial charge is 0.267 e. The number of hydrazine groups is 1. The molecule has 8 heteroatoms. The van der Waals surface area contributed by atoms with Crippen molar-refractivity contribution in [3.8, 4) is 0 Å². The van der Waals surface area contributed by atoms with Crippen LogP contribution >= 0.6 is 11.6 Å². The molecule has 0 radical (unpaired) electrons. The van der Waals surface area contributed by atoms with Gasteiger partial charge in [-0.3, -0.25) is 10.2 Å². The van der Waals surface area contributed by atoms with Gasteiger partial charge in [0.1, 0.15) is 0 Å². The molecule has 27 heavy (non-hydrogen) atoms. The lowest BCUT2D eigenvalue weighted by atomic mass is 9.94. The van der Waals surface area contributed by atoms with Gasteiger partial charge in [0.2, 0.25) is 10.0 Å². The minimum atomic E-state index is -3.65. The van der Waals surface area contributed by atoms with E-state index >= 15 is 0 Å². The number of nitrogens with zero attached hydrogens (tertiary/aromatic N) is 2. The molecule has 0 spiro atoms. The highest BCUT2D eigenvalue weighted by molar-refractivity contribution is 7.89. The molecule has 2 saturated heterocycles. The van der Waals surface area contributed by atoms with Crippen molar-refractivity contribution in [1.82, 2.24) is 14.7 Å². The van der Waals surface area contributed by atoms with Crippen LogP contribution in [0.2, 0.25) is 5.02 Å². The summed E-state index contributed by atoms with van der Waals surface area (Å²) >= 11 is 6.20. The second-order valence-corrected chi connectivity index (χ2v) is 10.2. The van der Waals surface area contributed by atoms with Crippen molar-refractivity contribution < 1.29 is 13.2 Å². The third-order valence-corrected chi connectivity index (χ3v) is 7.43. The molecule has 1 N–H and O–H groups in total. The molecule has 0 aromatic heterocycles. The quantitative estimate of drug-likeness (QED) is 0.823. The summed E-state index contributed by atoms with van der Waals surface area (Å²) in [6.45, 7) is 6.74. The monoisotopic (exact) mass is 413 g/mol. The molecule has 2 heterocycles. The molecule has 2 aliphatic heterocycles. The van der Waals surface area contributed by atoms with Crippen molar-refractivity contribution in [3.05, 3.63) is 28.8 Å². The zero-order valence-electron chi connectivity index (χ0n) is 15.9.